The fourth-order valence-corrected chi connectivity index (χ4v) is 9.49. The zero-order valence-electron chi connectivity index (χ0n) is 29.0. The summed E-state index contributed by atoms with van der Waals surface area (Å²) in [5.74, 6) is -3.47. The Morgan fingerprint density at radius 1 is 1.00 bits per heavy atom. The molecule has 3 atom stereocenters. The molecule has 0 unspecified atom stereocenters. The topological polar surface area (TPSA) is 82.0 Å². The lowest BCUT2D eigenvalue weighted by molar-refractivity contribution is -0.147. The van der Waals surface area contributed by atoms with E-state index in [4.69, 9.17) is 16.1 Å². The molecule has 9 rings (SSSR count). The summed E-state index contributed by atoms with van der Waals surface area (Å²) in [6.45, 7) is 2.93. The van der Waals surface area contributed by atoms with Gasteiger partial charge < -0.3 is 19.6 Å². The second-order valence-electron chi connectivity index (χ2n) is 15.8. The van der Waals surface area contributed by atoms with E-state index in [-0.39, 0.29) is 51.4 Å². The number of fused-ring (bicyclic) bond motifs is 3. The van der Waals surface area contributed by atoms with Gasteiger partial charge in [0.15, 0.2) is 5.82 Å². The van der Waals surface area contributed by atoms with Crippen LogP contribution in [-0.4, -0.2) is 94.3 Å². The smallest absolute Gasteiger partial charge is 0.319 e. The minimum absolute atomic E-state index is 0.0325. The number of ether oxygens (including phenoxy) is 1. The molecular formula is C40H38F5N5O3. The number of rotatable bonds is 6. The van der Waals surface area contributed by atoms with Crippen LogP contribution in [0.5, 0.6) is 11.8 Å². The number of carbonyl (C=O) groups is 1. The molecular weight excluding hydrogens is 693 g/mol. The first kappa shape index (κ1) is 34.1. The quantitative estimate of drug-likeness (QED) is 0.172. The molecule has 1 saturated carbocycles. The molecule has 4 aromatic rings. The highest BCUT2D eigenvalue weighted by atomic mass is 19.3. The minimum atomic E-state index is -2.94. The summed E-state index contributed by atoms with van der Waals surface area (Å²) in [6, 6.07) is 8.58. The summed E-state index contributed by atoms with van der Waals surface area (Å²) in [6.07, 6.45) is 8.74. The average Bonchev–Trinajstić information content (AvgIpc) is 3.54. The van der Waals surface area contributed by atoms with E-state index in [9.17, 15) is 27.5 Å². The molecule has 5 aliphatic rings. The molecule has 1 aliphatic carbocycles. The van der Waals surface area contributed by atoms with Gasteiger partial charge in [0.05, 0.1) is 11.1 Å². The molecule has 3 aromatic carbocycles. The number of carbonyl (C=O) groups excluding carboxylic acids is 1. The van der Waals surface area contributed by atoms with E-state index in [2.05, 4.69) is 15.8 Å². The van der Waals surface area contributed by atoms with Gasteiger partial charge in [-0.3, -0.25) is 9.69 Å². The maximum absolute atomic E-state index is 17.1. The third-order valence-electron chi connectivity index (χ3n) is 12.2. The number of aromatic hydroxyl groups is 1. The van der Waals surface area contributed by atoms with E-state index in [0.717, 1.165) is 38.6 Å². The number of amides is 1. The summed E-state index contributed by atoms with van der Waals surface area (Å²) in [5, 5.41) is 11.7. The van der Waals surface area contributed by atoms with Crippen LogP contribution in [0.15, 0.2) is 36.4 Å². The van der Waals surface area contributed by atoms with E-state index in [0.29, 0.717) is 55.7 Å². The van der Waals surface area contributed by atoms with Crippen molar-refractivity contribution in [1.29, 1.82) is 0 Å². The minimum Gasteiger partial charge on any atom is -0.508 e. The Labute approximate surface area is 302 Å². The lowest BCUT2D eigenvalue weighted by atomic mass is 9.75. The average molecular weight is 732 g/mol. The van der Waals surface area contributed by atoms with Gasteiger partial charge in [0.25, 0.3) is 5.92 Å². The number of phenols is 1. The Hall–Kier alpha value is -4.70. The third kappa shape index (κ3) is 5.63. The monoisotopic (exact) mass is 731 g/mol. The molecule has 1 aromatic heterocycles. The molecule has 0 radical (unpaired) electrons. The Bertz CT molecular complexity index is 2220. The Kier molecular flexibility index (Phi) is 7.82. The van der Waals surface area contributed by atoms with Gasteiger partial charge in [-0.05, 0) is 67.4 Å². The Morgan fingerprint density at radius 2 is 1.81 bits per heavy atom. The second kappa shape index (κ2) is 12.2. The molecule has 5 fully saturated rings. The van der Waals surface area contributed by atoms with Crippen LogP contribution in [-0.2, 0) is 4.79 Å². The van der Waals surface area contributed by atoms with Gasteiger partial charge in [-0.25, -0.2) is 22.0 Å². The predicted octanol–water partition coefficient (Wildman–Crippen LogP) is 6.84. The van der Waals surface area contributed by atoms with Crippen LogP contribution in [0.25, 0.3) is 32.8 Å². The number of nitrogens with zero attached hydrogens (tertiary/aromatic N) is 5. The predicted molar refractivity (Wildman–Crippen MR) is 189 cm³/mol. The van der Waals surface area contributed by atoms with Crippen LogP contribution in [0.2, 0.25) is 0 Å². The van der Waals surface area contributed by atoms with Crippen LogP contribution in [0.1, 0.15) is 50.5 Å². The Balaban J connectivity index is 1.13. The van der Waals surface area contributed by atoms with E-state index >= 15 is 4.39 Å². The van der Waals surface area contributed by atoms with Crippen molar-refractivity contribution in [3.63, 3.8) is 0 Å². The summed E-state index contributed by atoms with van der Waals surface area (Å²) >= 11 is 0. The van der Waals surface area contributed by atoms with Crippen LogP contribution in [0.4, 0.5) is 27.8 Å². The number of terminal acetylenes is 1. The number of hydrogen-bond donors (Lipinski definition) is 1. The van der Waals surface area contributed by atoms with E-state index in [1.165, 1.54) is 35.2 Å². The normalized spacial score (nSPS) is 26.0. The number of aromatic nitrogens is 2. The van der Waals surface area contributed by atoms with Gasteiger partial charge in [-0.1, -0.05) is 24.5 Å². The molecule has 4 saturated heterocycles. The van der Waals surface area contributed by atoms with Gasteiger partial charge in [0.1, 0.15) is 41.6 Å². The molecule has 1 amide bonds. The molecule has 8 nitrogen and oxygen atoms in total. The first-order chi connectivity index (χ1) is 25.4. The van der Waals surface area contributed by atoms with Crippen LogP contribution >= 0.6 is 0 Å². The first-order valence-corrected chi connectivity index (χ1v) is 18.3. The fourth-order valence-electron chi connectivity index (χ4n) is 9.49. The molecule has 276 valence electrons. The van der Waals surface area contributed by atoms with Crippen molar-refractivity contribution in [3.8, 4) is 35.2 Å². The number of benzene rings is 3. The molecule has 13 heteroatoms. The van der Waals surface area contributed by atoms with E-state index < -0.39 is 47.5 Å². The number of alkyl halides is 3. The summed E-state index contributed by atoms with van der Waals surface area (Å²) < 4.78 is 80.5. The number of halogens is 5. The highest BCUT2D eigenvalue weighted by Gasteiger charge is 2.64. The fraction of sp³-hybridized carbons (Fsp3) is 0.475. The highest BCUT2D eigenvalue weighted by Crippen LogP contribution is 2.52. The summed E-state index contributed by atoms with van der Waals surface area (Å²) in [4.78, 5) is 27.9. The number of hydrogen-bond acceptors (Lipinski definition) is 7. The van der Waals surface area contributed by atoms with Gasteiger partial charge in [0.2, 0.25) is 5.91 Å². The molecule has 5 heterocycles. The SMILES string of the molecule is C#Cc1c(F)ccc2cc(O)cc(-c3ccc4c(N5CCCCC6(CN(C(=O)[C@H]7CC7(F)F)C6)C5)nc(OC[C@@]56CCCN5C[C@H](F)C6)nc4c3F)c12. The van der Waals surface area contributed by atoms with E-state index in [1.807, 2.05) is 4.90 Å². The van der Waals surface area contributed by atoms with Crippen molar-refractivity contribution in [2.45, 2.75) is 62.6 Å². The summed E-state index contributed by atoms with van der Waals surface area (Å²) in [7, 11) is 0. The van der Waals surface area contributed by atoms with Gasteiger partial charge in [0, 0.05) is 67.3 Å². The number of phenolic OH excluding ortho intramolecular Hbond substituents is 1. The molecule has 0 bridgehead atoms. The number of likely N-dealkylation sites (tertiary alicyclic amines) is 1. The molecule has 1 N–H and O–H groups in total. The van der Waals surface area contributed by atoms with Crippen molar-refractivity contribution in [2.75, 3.05) is 50.8 Å². The van der Waals surface area contributed by atoms with Crippen molar-refractivity contribution >= 4 is 33.4 Å². The van der Waals surface area contributed by atoms with Crippen molar-refractivity contribution in [2.24, 2.45) is 11.3 Å². The van der Waals surface area contributed by atoms with Crippen molar-refractivity contribution in [1.82, 2.24) is 19.8 Å². The van der Waals surface area contributed by atoms with Crippen LogP contribution in [0, 0.1) is 35.3 Å². The summed E-state index contributed by atoms with van der Waals surface area (Å²) in [5.41, 5.74) is -0.781. The largest absolute Gasteiger partial charge is 0.508 e. The standard InChI is InChI=1S/C40H38F5N5O3/c1-2-26-31(42)9-6-23-14-25(51)15-29(32(23)26)27-7-8-28-34(33(27)43)46-37(53-22-39-11-5-13-50(39)18-24(41)16-39)47-35(28)48-12-4-3-10-38(19-48)20-49(21-38)36(52)30-17-40(30,44)45/h1,6-9,14-15,24,30,51H,3-5,10-13,16-22H2/t24-,30-,39+/m1/s1. The first-order valence-electron chi connectivity index (χ1n) is 18.3. The zero-order chi connectivity index (χ0) is 36.9. The second-order valence-corrected chi connectivity index (χ2v) is 15.8. The zero-order valence-corrected chi connectivity index (χ0v) is 29.0. The van der Waals surface area contributed by atoms with Crippen molar-refractivity contribution in [3.05, 3.63) is 53.6 Å². The maximum Gasteiger partial charge on any atom is 0.319 e. The van der Waals surface area contributed by atoms with Gasteiger partial charge >= 0.3 is 6.01 Å². The highest BCUT2D eigenvalue weighted by molar-refractivity contribution is 6.04. The van der Waals surface area contributed by atoms with Crippen LogP contribution in [0.3, 0.4) is 0 Å². The molecule has 4 aliphatic heterocycles. The lowest BCUT2D eigenvalue weighted by Crippen LogP contribution is -2.62. The van der Waals surface area contributed by atoms with Crippen molar-refractivity contribution < 1.29 is 36.6 Å². The van der Waals surface area contributed by atoms with Gasteiger partial charge in [-0.15, -0.1) is 6.42 Å². The van der Waals surface area contributed by atoms with Crippen LogP contribution < -0.4 is 9.64 Å². The van der Waals surface area contributed by atoms with Gasteiger partial charge in [-0.2, -0.15) is 9.97 Å². The molecule has 1 spiro atoms. The maximum atomic E-state index is 17.1. The lowest BCUT2D eigenvalue weighted by Gasteiger charge is -2.51. The third-order valence-corrected chi connectivity index (χ3v) is 12.2. The Morgan fingerprint density at radius 3 is 2.58 bits per heavy atom. The molecule has 53 heavy (non-hydrogen) atoms. The van der Waals surface area contributed by atoms with E-state index in [1.54, 1.807) is 6.07 Å². The number of anilines is 1.